The molecule has 0 atom stereocenters. The van der Waals surface area contributed by atoms with Crippen LogP contribution in [-0.4, -0.2) is 31.6 Å². The van der Waals surface area contributed by atoms with E-state index in [2.05, 4.69) is 15.3 Å². The summed E-state index contributed by atoms with van der Waals surface area (Å²) >= 11 is 0. The van der Waals surface area contributed by atoms with Crippen LogP contribution in [0.2, 0.25) is 0 Å². The molecule has 144 valence electrons. The Balaban J connectivity index is 1.59. The average Bonchev–Trinajstić information content (AvgIpc) is 2.70. The molecule has 1 aromatic carbocycles. The van der Waals surface area contributed by atoms with E-state index in [0.717, 1.165) is 5.56 Å². The van der Waals surface area contributed by atoms with Crippen LogP contribution in [0.3, 0.4) is 0 Å². The maximum absolute atomic E-state index is 12.2. The van der Waals surface area contributed by atoms with Crippen LogP contribution in [0.4, 0.5) is 0 Å². The smallest absolute Gasteiger partial charge is 0.256 e. The second-order valence-corrected chi connectivity index (χ2v) is 6.41. The highest BCUT2D eigenvalue weighted by Gasteiger charge is 2.08. The number of benzene rings is 1. The summed E-state index contributed by atoms with van der Waals surface area (Å²) in [6, 6.07) is 10.8. The molecule has 2 aromatic heterocycles. The number of carbonyl (C=O) groups is 1. The van der Waals surface area contributed by atoms with Crippen molar-refractivity contribution in [2.45, 2.75) is 26.9 Å². The molecule has 0 saturated heterocycles. The Kier molecular flexibility index (Phi) is 5.78. The molecule has 8 heteroatoms. The molecule has 0 bridgehead atoms. The largest absolute Gasteiger partial charge is 0.353 e. The second-order valence-electron chi connectivity index (χ2n) is 6.41. The molecular formula is C20H21N5O3. The van der Waals surface area contributed by atoms with Crippen LogP contribution >= 0.6 is 0 Å². The van der Waals surface area contributed by atoms with Crippen molar-refractivity contribution < 1.29 is 4.79 Å². The van der Waals surface area contributed by atoms with Gasteiger partial charge in [-0.1, -0.05) is 30.3 Å². The van der Waals surface area contributed by atoms with E-state index in [-0.39, 0.29) is 30.1 Å². The van der Waals surface area contributed by atoms with E-state index in [0.29, 0.717) is 23.5 Å². The van der Waals surface area contributed by atoms with Gasteiger partial charge in [0, 0.05) is 36.0 Å². The van der Waals surface area contributed by atoms with Crippen LogP contribution in [0.1, 0.15) is 11.3 Å². The fourth-order valence-electron chi connectivity index (χ4n) is 2.67. The maximum atomic E-state index is 12.2. The summed E-state index contributed by atoms with van der Waals surface area (Å²) < 4.78 is 2.69. The third-order valence-electron chi connectivity index (χ3n) is 4.45. The highest BCUT2D eigenvalue weighted by atomic mass is 16.2. The van der Waals surface area contributed by atoms with Gasteiger partial charge >= 0.3 is 0 Å². The SMILES string of the molecule is Cc1ncn(CCNC(=O)Cn2cnc(-c3ccccc3)cc2=O)c(=O)c1C. The second kappa shape index (κ2) is 8.43. The molecule has 0 fully saturated rings. The first-order valence-electron chi connectivity index (χ1n) is 8.87. The molecule has 0 radical (unpaired) electrons. The van der Waals surface area contributed by atoms with Gasteiger partial charge in [0.25, 0.3) is 11.1 Å². The minimum Gasteiger partial charge on any atom is -0.353 e. The molecule has 0 aliphatic heterocycles. The maximum Gasteiger partial charge on any atom is 0.256 e. The lowest BCUT2D eigenvalue weighted by atomic mass is 10.1. The number of amides is 1. The van der Waals surface area contributed by atoms with Gasteiger partial charge in [-0.25, -0.2) is 9.97 Å². The number of aryl methyl sites for hydroxylation is 1. The number of hydrogen-bond acceptors (Lipinski definition) is 5. The van der Waals surface area contributed by atoms with E-state index in [9.17, 15) is 14.4 Å². The normalized spacial score (nSPS) is 10.6. The summed E-state index contributed by atoms with van der Waals surface area (Å²) in [5.41, 5.74) is 2.24. The van der Waals surface area contributed by atoms with Crippen LogP contribution in [0.5, 0.6) is 0 Å². The van der Waals surface area contributed by atoms with Gasteiger partial charge in [0.2, 0.25) is 5.91 Å². The van der Waals surface area contributed by atoms with Crippen LogP contribution in [0.25, 0.3) is 11.3 Å². The Morgan fingerprint density at radius 2 is 1.75 bits per heavy atom. The van der Waals surface area contributed by atoms with E-state index in [1.54, 1.807) is 13.8 Å². The third kappa shape index (κ3) is 4.40. The number of carbonyl (C=O) groups excluding carboxylic acids is 1. The summed E-state index contributed by atoms with van der Waals surface area (Å²) in [5, 5.41) is 2.70. The monoisotopic (exact) mass is 379 g/mol. The minimum absolute atomic E-state index is 0.126. The summed E-state index contributed by atoms with van der Waals surface area (Å²) in [5.74, 6) is -0.332. The van der Waals surface area contributed by atoms with Gasteiger partial charge in [0.1, 0.15) is 6.54 Å². The molecule has 0 aliphatic carbocycles. The first kappa shape index (κ1) is 19.2. The average molecular weight is 379 g/mol. The number of rotatable bonds is 6. The minimum atomic E-state index is -0.332. The van der Waals surface area contributed by atoms with Gasteiger partial charge in [-0.2, -0.15) is 0 Å². The fourth-order valence-corrected chi connectivity index (χ4v) is 2.67. The number of nitrogens with one attached hydrogen (secondary N) is 1. The van der Waals surface area contributed by atoms with Crippen LogP contribution in [0.15, 0.2) is 58.6 Å². The summed E-state index contributed by atoms with van der Waals surface area (Å²) in [4.78, 5) is 44.9. The lowest BCUT2D eigenvalue weighted by molar-refractivity contribution is -0.121. The van der Waals surface area contributed by atoms with E-state index < -0.39 is 0 Å². The molecule has 2 heterocycles. The van der Waals surface area contributed by atoms with Crippen molar-refractivity contribution >= 4 is 5.91 Å². The molecule has 0 spiro atoms. The summed E-state index contributed by atoms with van der Waals surface area (Å²) in [7, 11) is 0. The number of nitrogens with zero attached hydrogens (tertiary/aromatic N) is 4. The lowest BCUT2D eigenvalue weighted by Gasteiger charge is -2.10. The standard InChI is InChI=1S/C20H21N5O3/c1-14-15(2)22-12-24(20(14)28)9-8-21-18(26)11-25-13-23-17(10-19(25)27)16-6-4-3-5-7-16/h3-7,10,12-13H,8-9,11H2,1-2H3,(H,21,26). The molecule has 0 aliphatic rings. The van der Waals surface area contributed by atoms with Gasteiger partial charge < -0.3 is 5.32 Å². The Labute approximate surface area is 161 Å². The molecule has 8 nitrogen and oxygen atoms in total. The quantitative estimate of drug-likeness (QED) is 0.686. The first-order valence-corrected chi connectivity index (χ1v) is 8.87. The predicted molar refractivity (Wildman–Crippen MR) is 105 cm³/mol. The van der Waals surface area contributed by atoms with Crippen molar-refractivity contribution in [3.05, 3.63) is 81.0 Å². The van der Waals surface area contributed by atoms with Crippen LogP contribution in [0, 0.1) is 13.8 Å². The van der Waals surface area contributed by atoms with E-state index in [1.165, 1.54) is 27.9 Å². The van der Waals surface area contributed by atoms with Crippen molar-refractivity contribution in [2.24, 2.45) is 0 Å². The Morgan fingerprint density at radius 1 is 1.04 bits per heavy atom. The summed E-state index contributed by atoms with van der Waals surface area (Å²) in [6.07, 6.45) is 2.83. The van der Waals surface area contributed by atoms with Gasteiger partial charge in [0.15, 0.2) is 0 Å². The molecule has 1 N–H and O–H groups in total. The van der Waals surface area contributed by atoms with Crippen molar-refractivity contribution in [3.63, 3.8) is 0 Å². The summed E-state index contributed by atoms with van der Waals surface area (Å²) in [6.45, 7) is 3.92. The topological polar surface area (TPSA) is 98.9 Å². The Morgan fingerprint density at radius 3 is 2.46 bits per heavy atom. The van der Waals surface area contributed by atoms with Crippen molar-refractivity contribution in [1.29, 1.82) is 0 Å². The molecular weight excluding hydrogens is 358 g/mol. The van der Waals surface area contributed by atoms with Gasteiger partial charge in [-0.15, -0.1) is 0 Å². The highest BCUT2D eigenvalue weighted by molar-refractivity contribution is 5.75. The number of aromatic nitrogens is 4. The molecule has 0 saturated carbocycles. The van der Waals surface area contributed by atoms with Gasteiger partial charge in [0.05, 0.1) is 18.3 Å². The highest BCUT2D eigenvalue weighted by Crippen LogP contribution is 2.13. The van der Waals surface area contributed by atoms with E-state index >= 15 is 0 Å². The van der Waals surface area contributed by atoms with Crippen molar-refractivity contribution in [1.82, 2.24) is 24.4 Å². The predicted octanol–water partition coefficient (Wildman–Crippen LogP) is 0.900. The van der Waals surface area contributed by atoms with Gasteiger partial charge in [-0.05, 0) is 13.8 Å². The lowest BCUT2D eigenvalue weighted by Crippen LogP contribution is -2.35. The van der Waals surface area contributed by atoms with Crippen LogP contribution < -0.4 is 16.4 Å². The zero-order valence-electron chi connectivity index (χ0n) is 15.8. The molecule has 3 rings (SSSR count). The fraction of sp³-hybridized carbons (Fsp3) is 0.250. The van der Waals surface area contributed by atoms with E-state index in [4.69, 9.17) is 0 Å². The van der Waals surface area contributed by atoms with E-state index in [1.807, 2.05) is 30.3 Å². The Bertz CT molecular complexity index is 1100. The molecule has 1 amide bonds. The Hall–Kier alpha value is -3.55. The zero-order chi connectivity index (χ0) is 20.1. The molecule has 28 heavy (non-hydrogen) atoms. The first-order chi connectivity index (χ1) is 13.5. The van der Waals surface area contributed by atoms with Crippen molar-refractivity contribution in [2.75, 3.05) is 6.54 Å². The third-order valence-corrected chi connectivity index (χ3v) is 4.45. The molecule has 0 unspecified atom stereocenters. The van der Waals surface area contributed by atoms with Crippen molar-refractivity contribution in [3.8, 4) is 11.3 Å². The zero-order valence-corrected chi connectivity index (χ0v) is 15.8. The molecule has 3 aromatic rings. The number of hydrogen-bond donors (Lipinski definition) is 1. The van der Waals surface area contributed by atoms with Gasteiger partial charge in [-0.3, -0.25) is 23.5 Å². The van der Waals surface area contributed by atoms with Crippen LogP contribution in [-0.2, 0) is 17.9 Å².